The number of rotatable bonds is 2. The van der Waals surface area contributed by atoms with E-state index in [1.165, 1.54) is 4.90 Å². The molecule has 1 unspecified atom stereocenters. The molecule has 22 heavy (non-hydrogen) atoms. The Morgan fingerprint density at radius 2 is 2.05 bits per heavy atom. The lowest BCUT2D eigenvalue weighted by atomic mass is 10.2. The van der Waals surface area contributed by atoms with Crippen molar-refractivity contribution < 1.29 is 27.4 Å². The van der Waals surface area contributed by atoms with Crippen LogP contribution in [0.15, 0.2) is 35.3 Å². The predicted octanol–water partition coefficient (Wildman–Crippen LogP) is 2.37. The van der Waals surface area contributed by atoms with Gasteiger partial charge in [0, 0.05) is 0 Å². The monoisotopic (exact) mass is 314 g/mol. The van der Waals surface area contributed by atoms with Gasteiger partial charge in [-0.2, -0.15) is 13.2 Å². The molecule has 0 spiro atoms. The molecule has 3 rings (SSSR count). The van der Waals surface area contributed by atoms with E-state index in [1.807, 2.05) is 30.3 Å². The van der Waals surface area contributed by atoms with Gasteiger partial charge in [-0.3, -0.25) is 0 Å². The molecule has 1 aromatic rings. The summed E-state index contributed by atoms with van der Waals surface area (Å²) < 4.78 is 47.3. The summed E-state index contributed by atoms with van der Waals surface area (Å²) >= 11 is 0. The zero-order chi connectivity index (χ0) is 15.7. The van der Waals surface area contributed by atoms with E-state index in [0.29, 0.717) is 0 Å². The Morgan fingerprint density at radius 1 is 1.32 bits per heavy atom. The second-order valence-corrected chi connectivity index (χ2v) is 5.10. The van der Waals surface area contributed by atoms with Crippen LogP contribution in [0.4, 0.5) is 18.0 Å². The molecule has 0 radical (unpaired) electrons. The van der Waals surface area contributed by atoms with Crippen molar-refractivity contribution in [3.63, 3.8) is 0 Å². The Morgan fingerprint density at radius 3 is 2.68 bits per heavy atom. The smallest absolute Gasteiger partial charge is 0.467 e. The molecule has 2 aliphatic rings. The molecule has 0 aliphatic carbocycles. The number of fused-ring (bicyclic) bond motifs is 1. The maximum atomic E-state index is 12.5. The second-order valence-electron chi connectivity index (χ2n) is 5.10. The second kappa shape index (κ2) is 5.51. The van der Waals surface area contributed by atoms with Crippen LogP contribution in [0.3, 0.4) is 0 Å². The maximum Gasteiger partial charge on any atom is 0.468 e. The first kappa shape index (κ1) is 14.7. The summed E-state index contributed by atoms with van der Waals surface area (Å²) in [6, 6.07) is 8.45. The minimum atomic E-state index is -4.58. The normalized spacial score (nSPS) is 23.8. The maximum absolute atomic E-state index is 12.5. The number of amides is 1. The highest BCUT2D eigenvalue weighted by Crippen LogP contribution is 2.30. The van der Waals surface area contributed by atoms with Crippen molar-refractivity contribution in [1.82, 2.24) is 4.90 Å². The molecule has 0 aromatic heterocycles. The molecule has 2 atom stereocenters. The average Bonchev–Trinajstić information content (AvgIpc) is 3.04. The van der Waals surface area contributed by atoms with E-state index in [1.54, 1.807) is 0 Å². The molecule has 2 heterocycles. The van der Waals surface area contributed by atoms with Gasteiger partial charge in [0.1, 0.15) is 18.8 Å². The van der Waals surface area contributed by atoms with Gasteiger partial charge in [0.25, 0.3) is 5.90 Å². The van der Waals surface area contributed by atoms with E-state index in [9.17, 15) is 18.0 Å². The molecule has 0 saturated carbocycles. The van der Waals surface area contributed by atoms with E-state index in [4.69, 9.17) is 9.47 Å². The van der Waals surface area contributed by atoms with Crippen molar-refractivity contribution in [3.8, 4) is 0 Å². The first-order valence-corrected chi connectivity index (χ1v) is 6.71. The van der Waals surface area contributed by atoms with E-state index in [-0.39, 0.29) is 19.7 Å². The molecule has 0 bridgehead atoms. The van der Waals surface area contributed by atoms with Gasteiger partial charge in [-0.05, 0) is 5.56 Å². The number of benzene rings is 1. The zero-order valence-electron chi connectivity index (χ0n) is 11.4. The van der Waals surface area contributed by atoms with E-state index >= 15 is 0 Å². The van der Waals surface area contributed by atoms with Crippen LogP contribution in [-0.2, 0) is 16.1 Å². The van der Waals surface area contributed by atoms with Gasteiger partial charge >= 0.3 is 12.3 Å². The lowest BCUT2D eigenvalue weighted by Crippen LogP contribution is -2.33. The molecule has 1 saturated heterocycles. The zero-order valence-corrected chi connectivity index (χ0v) is 11.4. The highest BCUT2D eigenvalue weighted by Gasteiger charge is 2.50. The number of nitrogens with zero attached hydrogens (tertiary/aromatic N) is 2. The first-order chi connectivity index (χ1) is 10.4. The average molecular weight is 314 g/mol. The Hall–Kier alpha value is -2.25. The van der Waals surface area contributed by atoms with Crippen LogP contribution in [0.5, 0.6) is 0 Å². The summed E-state index contributed by atoms with van der Waals surface area (Å²) in [5, 5.41) is 0. The fraction of sp³-hybridized carbons (Fsp3) is 0.429. The minimum Gasteiger partial charge on any atom is -0.467 e. The van der Waals surface area contributed by atoms with Crippen molar-refractivity contribution in [2.75, 3.05) is 13.1 Å². The van der Waals surface area contributed by atoms with Crippen LogP contribution in [0.1, 0.15) is 5.56 Å². The molecule has 118 valence electrons. The summed E-state index contributed by atoms with van der Waals surface area (Å²) in [6.45, 7) is 0.225. The summed E-state index contributed by atoms with van der Waals surface area (Å²) in [4.78, 5) is 16.7. The highest BCUT2D eigenvalue weighted by molar-refractivity contribution is 5.84. The third kappa shape index (κ3) is 3.00. The van der Waals surface area contributed by atoms with Gasteiger partial charge in [0.15, 0.2) is 0 Å². The third-order valence-electron chi connectivity index (χ3n) is 3.49. The van der Waals surface area contributed by atoms with Crippen molar-refractivity contribution in [2.24, 2.45) is 4.99 Å². The molecule has 1 amide bonds. The SMILES string of the molecule is O=C(OCc1ccccc1)N1CC2N=C(C(F)(F)F)O[C@@H]2C1. The van der Waals surface area contributed by atoms with Crippen LogP contribution in [0, 0.1) is 0 Å². The standard InChI is InChI=1S/C14H13F3N2O3/c15-14(16,17)12-18-10-6-19(7-11(10)22-12)13(20)21-8-9-4-2-1-3-5-9/h1-5,10-11H,6-8H2/t10?,11-/m1/s1. The predicted molar refractivity (Wildman–Crippen MR) is 70.4 cm³/mol. The highest BCUT2D eigenvalue weighted by atomic mass is 19.4. The Bertz CT molecular complexity index is 589. The topological polar surface area (TPSA) is 51.1 Å². The van der Waals surface area contributed by atoms with Gasteiger partial charge in [-0.1, -0.05) is 30.3 Å². The first-order valence-electron chi connectivity index (χ1n) is 6.71. The fourth-order valence-corrected chi connectivity index (χ4v) is 2.42. The van der Waals surface area contributed by atoms with E-state index < -0.39 is 30.3 Å². The molecule has 0 N–H and O–H groups in total. The van der Waals surface area contributed by atoms with Crippen LogP contribution < -0.4 is 0 Å². The van der Waals surface area contributed by atoms with E-state index in [0.717, 1.165) is 5.56 Å². The number of halogens is 3. The van der Waals surface area contributed by atoms with Gasteiger partial charge in [0.05, 0.1) is 13.1 Å². The van der Waals surface area contributed by atoms with Crippen molar-refractivity contribution in [2.45, 2.75) is 24.9 Å². The Balaban J connectivity index is 1.54. The lowest BCUT2D eigenvalue weighted by Gasteiger charge is -2.17. The van der Waals surface area contributed by atoms with Gasteiger partial charge in [-0.25, -0.2) is 9.79 Å². The van der Waals surface area contributed by atoms with Gasteiger partial charge in [0.2, 0.25) is 0 Å². The Kier molecular flexibility index (Phi) is 3.67. The van der Waals surface area contributed by atoms with Crippen LogP contribution >= 0.6 is 0 Å². The number of carbonyl (C=O) groups excluding carboxylic acids is 1. The number of carbonyl (C=O) groups is 1. The summed E-state index contributed by atoms with van der Waals surface area (Å²) in [7, 11) is 0. The number of likely N-dealkylation sites (tertiary alicyclic amines) is 1. The molecule has 1 fully saturated rings. The number of hydrogen-bond acceptors (Lipinski definition) is 4. The van der Waals surface area contributed by atoms with Crippen LogP contribution in [0.2, 0.25) is 0 Å². The van der Waals surface area contributed by atoms with Crippen LogP contribution in [-0.4, -0.2) is 48.3 Å². The van der Waals surface area contributed by atoms with Crippen molar-refractivity contribution >= 4 is 12.0 Å². The molecule has 5 nitrogen and oxygen atoms in total. The van der Waals surface area contributed by atoms with Crippen LogP contribution in [0.25, 0.3) is 0 Å². The number of ether oxygens (including phenoxy) is 2. The largest absolute Gasteiger partial charge is 0.468 e. The molecule has 2 aliphatic heterocycles. The summed E-state index contributed by atoms with van der Waals surface area (Å²) in [5.74, 6) is -1.21. The number of aliphatic imine (C=N–C) groups is 1. The van der Waals surface area contributed by atoms with Gasteiger partial charge < -0.3 is 14.4 Å². The fourth-order valence-electron chi connectivity index (χ4n) is 2.42. The molecule has 8 heteroatoms. The lowest BCUT2D eigenvalue weighted by molar-refractivity contribution is -0.0789. The molecular weight excluding hydrogens is 301 g/mol. The van der Waals surface area contributed by atoms with Crippen molar-refractivity contribution in [3.05, 3.63) is 35.9 Å². The minimum absolute atomic E-state index is 0.0430. The third-order valence-corrected chi connectivity index (χ3v) is 3.49. The molecule has 1 aromatic carbocycles. The Labute approximate surface area is 124 Å². The van der Waals surface area contributed by atoms with Crippen molar-refractivity contribution in [1.29, 1.82) is 0 Å². The molecular formula is C14H13F3N2O3. The summed E-state index contributed by atoms with van der Waals surface area (Å²) in [5.41, 5.74) is 0.837. The quantitative estimate of drug-likeness (QED) is 0.842. The number of alkyl halides is 3. The summed E-state index contributed by atoms with van der Waals surface area (Å²) in [6.07, 6.45) is -5.91. The van der Waals surface area contributed by atoms with Gasteiger partial charge in [-0.15, -0.1) is 0 Å². The van der Waals surface area contributed by atoms with E-state index in [2.05, 4.69) is 4.99 Å². The number of hydrogen-bond donors (Lipinski definition) is 0.